The summed E-state index contributed by atoms with van der Waals surface area (Å²) in [5, 5.41) is 6.94. The SMILES string of the molecule is O=S(=O)(Nc1nnns1)c1ccccc1. The molecule has 0 aliphatic heterocycles. The molecule has 8 heteroatoms. The van der Waals surface area contributed by atoms with Crippen LogP contribution in [0.2, 0.25) is 0 Å². The van der Waals surface area contributed by atoms with Gasteiger partial charge in [-0.1, -0.05) is 27.8 Å². The fourth-order valence-electron chi connectivity index (χ4n) is 0.947. The highest BCUT2D eigenvalue weighted by Crippen LogP contribution is 2.14. The minimum absolute atomic E-state index is 0.152. The van der Waals surface area contributed by atoms with Gasteiger partial charge in [-0.3, -0.25) is 4.72 Å². The number of nitrogens with one attached hydrogen (secondary N) is 1. The summed E-state index contributed by atoms with van der Waals surface area (Å²) in [6.07, 6.45) is 0. The van der Waals surface area contributed by atoms with E-state index in [1.807, 2.05) is 0 Å². The van der Waals surface area contributed by atoms with E-state index in [1.54, 1.807) is 18.2 Å². The molecule has 0 saturated heterocycles. The molecule has 0 radical (unpaired) electrons. The normalized spacial score (nSPS) is 11.2. The first-order chi connectivity index (χ1) is 7.18. The van der Waals surface area contributed by atoms with Crippen molar-refractivity contribution < 1.29 is 8.42 Å². The monoisotopic (exact) mass is 242 g/mol. The maximum Gasteiger partial charge on any atom is 0.263 e. The van der Waals surface area contributed by atoms with Crippen molar-refractivity contribution >= 4 is 26.7 Å². The van der Waals surface area contributed by atoms with E-state index >= 15 is 0 Å². The molecule has 2 aromatic rings. The van der Waals surface area contributed by atoms with Gasteiger partial charge in [0.1, 0.15) is 0 Å². The molecular weight excluding hydrogens is 236 g/mol. The van der Waals surface area contributed by atoms with Gasteiger partial charge >= 0.3 is 0 Å². The van der Waals surface area contributed by atoms with Gasteiger partial charge in [-0.2, -0.15) is 0 Å². The molecule has 15 heavy (non-hydrogen) atoms. The molecule has 0 aliphatic carbocycles. The standard InChI is InChI=1S/C7H6N4O2S2/c12-15(13,6-4-2-1-3-5-6)9-7-8-10-11-14-7/h1-5H,(H,8,9,11). The summed E-state index contributed by atoms with van der Waals surface area (Å²) in [5.74, 6) is 0. The molecule has 0 spiro atoms. The molecule has 0 aliphatic rings. The van der Waals surface area contributed by atoms with E-state index < -0.39 is 10.0 Å². The van der Waals surface area contributed by atoms with Crippen LogP contribution >= 0.6 is 11.5 Å². The quantitative estimate of drug-likeness (QED) is 0.857. The Morgan fingerprint density at radius 3 is 2.53 bits per heavy atom. The predicted octanol–water partition coefficient (Wildman–Crippen LogP) is 0.734. The van der Waals surface area contributed by atoms with Crippen molar-refractivity contribution in [1.29, 1.82) is 0 Å². The minimum atomic E-state index is -3.57. The lowest BCUT2D eigenvalue weighted by molar-refractivity contribution is 0.601. The van der Waals surface area contributed by atoms with Crippen molar-refractivity contribution in [2.24, 2.45) is 0 Å². The van der Waals surface area contributed by atoms with Gasteiger partial charge in [0.25, 0.3) is 10.0 Å². The summed E-state index contributed by atoms with van der Waals surface area (Å²) in [6, 6.07) is 8.03. The van der Waals surface area contributed by atoms with Gasteiger partial charge in [0.05, 0.1) is 4.90 Å². The van der Waals surface area contributed by atoms with E-state index in [4.69, 9.17) is 0 Å². The van der Waals surface area contributed by atoms with Crippen LogP contribution in [0.4, 0.5) is 5.13 Å². The maximum atomic E-state index is 11.7. The van der Waals surface area contributed by atoms with E-state index in [0.717, 1.165) is 11.5 Å². The second kappa shape index (κ2) is 3.91. The van der Waals surface area contributed by atoms with E-state index in [0.29, 0.717) is 0 Å². The zero-order valence-electron chi connectivity index (χ0n) is 7.36. The summed E-state index contributed by atoms with van der Waals surface area (Å²) in [5.41, 5.74) is 0. The topological polar surface area (TPSA) is 84.8 Å². The zero-order valence-corrected chi connectivity index (χ0v) is 8.99. The lowest BCUT2D eigenvalue weighted by Crippen LogP contribution is -2.12. The highest BCUT2D eigenvalue weighted by atomic mass is 32.2. The molecule has 6 nitrogen and oxygen atoms in total. The highest BCUT2D eigenvalue weighted by Gasteiger charge is 2.14. The number of rotatable bonds is 3. The number of benzene rings is 1. The summed E-state index contributed by atoms with van der Waals surface area (Å²) in [4.78, 5) is 0.181. The average molecular weight is 242 g/mol. The van der Waals surface area contributed by atoms with Gasteiger partial charge in [0.2, 0.25) is 5.13 Å². The third-order valence-corrected chi connectivity index (χ3v) is 3.57. The van der Waals surface area contributed by atoms with Gasteiger partial charge in [0.15, 0.2) is 0 Å². The Bertz CT molecular complexity index is 523. The van der Waals surface area contributed by atoms with Crippen molar-refractivity contribution in [2.75, 3.05) is 4.72 Å². The fourth-order valence-corrected chi connectivity index (χ4v) is 2.55. The van der Waals surface area contributed by atoms with Crippen molar-refractivity contribution in [1.82, 2.24) is 14.8 Å². The van der Waals surface area contributed by atoms with E-state index in [-0.39, 0.29) is 10.0 Å². The molecular formula is C7H6N4O2S2. The van der Waals surface area contributed by atoms with Crippen LogP contribution in [0.3, 0.4) is 0 Å². The molecule has 1 heterocycles. The first-order valence-corrected chi connectivity index (χ1v) is 6.17. The first kappa shape index (κ1) is 9.99. The van der Waals surface area contributed by atoms with E-state index in [2.05, 4.69) is 19.5 Å². The number of hydrogen-bond acceptors (Lipinski definition) is 6. The number of aromatic nitrogens is 3. The molecule has 78 valence electrons. The van der Waals surface area contributed by atoms with Gasteiger partial charge in [0, 0.05) is 11.5 Å². The van der Waals surface area contributed by atoms with Gasteiger partial charge in [-0.25, -0.2) is 8.42 Å². The maximum absolute atomic E-state index is 11.7. The lowest BCUT2D eigenvalue weighted by Gasteiger charge is -2.02. The van der Waals surface area contributed by atoms with Crippen LogP contribution in [-0.4, -0.2) is 23.2 Å². The van der Waals surface area contributed by atoms with Crippen LogP contribution < -0.4 is 4.72 Å². The van der Waals surface area contributed by atoms with Crippen molar-refractivity contribution in [3.8, 4) is 0 Å². The van der Waals surface area contributed by atoms with Crippen LogP contribution in [0, 0.1) is 0 Å². The lowest BCUT2D eigenvalue weighted by atomic mass is 10.4. The predicted molar refractivity (Wildman–Crippen MR) is 55.0 cm³/mol. The Labute approximate surface area is 90.2 Å². The second-order valence-electron chi connectivity index (χ2n) is 2.59. The Morgan fingerprint density at radius 2 is 1.93 bits per heavy atom. The second-order valence-corrected chi connectivity index (χ2v) is 5.00. The van der Waals surface area contributed by atoms with Crippen LogP contribution in [0.15, 0.2) is 35.2 Å². The smallest absolute Gasteiger partial charge is 0.252 e. The largest absolute Gasteiger partial charge is 0.263 e. The highest BCUT2D eigenvalue weighted by molar-refractivity contribution is 7.93. The molecule has 1 aromatic carbocycles. The molecule has 0 amide bonds. The summed E-state index contributed by atoms with van der Waals surface area (Å²) in [7, 11) is -3.57. The zero-order chi connectivity index (χ0) is 10.7. The summed E-state index contributed by atoms with van der Waals surface area (Å²) in [6.45, 7) is 0. The number of sulfonamides is 1. The third-order valence-electron chi connectivity index (χ3n) is 1.57. The van der Waals surface area contributed by atoms with Crippen molar-refractivity contribution in [2.45, 2.75) is 4.90 Å². The molecule has 2 rings (SSSR count). The number of hydrogen-bond donors (Lipinski definition) is 1. The molecule has 0 saturated carbocycles. The van der Waals surface area contributed by atoms with E-state index in [1.165, 1.54) is 12.1 Å². The summed E-state index contributed by atoms with van der Waals surface area (Å²) >= 11 is 0.882. The van der Waals surface area contributed by atoms with Gasteiger partial charge in [-0.05, 0) is 17.3 Å². The van der Waals surface area contributed by atoms with Gasteiger partial charge < -0.3 is 0 Å². The van der Waals surface area contributed by atoms with Crippen LogP contribution in [0.1, 0.15) is 0 Å². The third kappa shape index (κ3) is 2.28. The fraction of sp³-hybridized carbons (Fsp3) is 0. The molecule has 1 aromatic heterocycles. The van der Waals surface area contributed by atoms with Gasteiger partial charge in [-0.15, -0.1) is 0 Å². The van der Waals surface area contributed by atoms with Crippen LogP contribution in [0.5, 0.6) is 0 Å². The molecule has 0 fully saturated rings. The Kier molecular flexibility index (Phi) is 2.60. The average Bonchev–Trinajstić information content (AvgIpc) is 2.71. The molecule has 0 atom stereocenters. The first-order valence-electron chi connectivity index (χ1n) is 3.91. The molecule has 0 unspecified atom stereocenters. The Hall–Kier alpha value is -1.54. The molecule has 0 bridgehead atoms. The number of anilines is 1. The van der Waals surface area contributed by atoms with E-state index in [9.17, 15) is 8.42 Å². The molecule has 1 N–H and O–H groups in total. The van der Waals surface area contributed by atoms with Crippen molar-refractivity contribution in [3.63, 3.8) is 0 Å². The minimum Gasteiger partial charge on any atom is -0.252 e. The van der Waals surface area contributed by atoms with Crippen LogP contribution in [-0.2, 0) is 10.0 Å². The summed E-state index contributed by atoms with van der Waals surface area (Å²) < 4.78 is 29.1. The Morgan fingerprint density at radius 1 is 1.20 bits per heavy atom. The number of nitrogens with zero attached hydrogens (tertiary/aromatic N) is 3. The van der Waals surface area contributed by atoms with Crippen LogP contribution in [0.25, 0.3) is 0 Å². The Balaban J connectivity index is 2.29. The van der Waals surface area contributed by atoms with Crippen molar-refractivity contribution in [3.05, 3.63) is 30.3 Å².